The molecule has 88 valence electrons. The molecule has 0 saturated heterocycles. The van der Waals surface area contributed by atoms with Gasteiger partial charge in [-0.1, -0.05) is 6.07 Å². The van der Waals surface area contributed by atoms with Crippen LogP contribution in [0.15, 0.2) is 46.7 Å². The molecule has 0 aliphatic carbocycles. The summed E-state index contributed by atoms with van der Waals surface area (Å²) in [5.41, 5.74) is 0.564. The Bertz CT molecular complexity index is 475. The van der Waals surface area contributed by atoms with E-state index in [-0.39, 0.29) is 5.97 Å². The number of thiophene rings is 1. The average molecular weight is 264 g/mol. The van der Waals surface area contributed by atoms with E-state index in [0.29, 0.717) is 12.2 Å². The third kappa shape index (κ3) is 3.61. The first-order valence-electron chi connectivity index (χ1n) is 5.24. The summed E-state index contributed by atoms with van der Waals surface area (Å²) in [5, 5.41) is 2.02. The number of hydrogen-bond acceptors (Lipinski definition) is 4. The minimum absolute atomic E-state index is 0.283. The van der Waals surface area contributed by atoms with E-state index in [1.807, 2.05) is 17.5 Å². The highest BCUT2D eigenvalue weighted by Crippen LogP contribution is 2.11. The van der Waals surface area contributed by atoms with Crippen LogP contribution in [0.1, 0.15) is 15.2 Å². The second-order valence-electron chi connectivity index (χ2n) is 3.51. The van der Waals surface area contributed by atoms with Gasteiger partial charge >= 0.3 is 5.97 Å². The molecule has 0 saturated carbocycles. The zero-order chi connectivity index (χ0) is 12.1. The van der Waals surface area contributed by atoms with Crippen molar-refractivity contribution in [3.05, 3.63) is 52.2 Å². The summed E-state index contributed by atoms with van der Waals surface area (Å²) in [6, 6.07) is 11.0. The fourth-order valence-corrected chi connectivity index (χ4v) is 2.22. The Morgan fingerprint density at radius 2 is 2.00 bits per heavy atom. The van der Waals surface area contributed by atoms with Gasteiger partial charge in [0.1, 0.15) is 0 Å². The van der Waals surface area contributed by atoms with Crippen molar-refractivity contribution in [3.63, 3.8) is 0 Å². The van der Waals surface area contributed by atoms with Crippen LogP contribution in [-0.2, 0) is 11.2 Å². The molecule has 4 heteroatoms. The van der Waals surface area contributed by atoms with Gasteiger partial charge < -0.3 is 4.74 Å². The summed E-state index contributed by atoms with van der Waals surface area (Å²) < 4.78 is 5.18. The maximum Gasteiger partial charge on any atom is 0.338 e. The van der Waals surface area contributed by atoms with Crippen molar-refractivity contribution < 1.29 is 9.53 Å². The molecule has 0 aliphatic rings. The van der Waals surface area contributed by atoms with Crippen molar-refractivity contribution in [2.45, 2.75) is 11.3 Å². The van der Waals surface area contributed by atoms with Crippen molar-refractivity contribution in [1.29, 1.82) is 0 Å². The van der Waals surface area contributed by atoms with Gasteiger partial charge in [0.25, 0.3) is 0 Å². The van der Waals surface area contributed by atoms with Gasteiger partial charge in [0.05, 0.1) is 12.2 Å². The molecule has 2 aromatic rings. The predicted molar refractivity (Wildman–Crippen MR) is 72.0 cm³/mol. The lowest BCUT2D eigenvalue weighted by Crippen LogP contribution is -2.07. The van der Waals surface area contributed by atoms with Gasteiger partial charge in [-0.3, -0.25) is 0 Å². The van der Waals surface area contributed by atoms with E-state index in [9.17, 15) is 4.79 Å². The number of benzene rings is 1. The van der Waals surface area contributed by atoms with Gasteiger partial charge in [-0.05, 0) is 35.7 Å². The molecule has 17 heavy (non-hydrogen) atoms. The minimum atomic E-state index is -0.283. The standard InChI is InChI=1S/C13H12O2S2/c14-13(10-3-5-11(16)6-4-10)15-8-7-12-2-1-9-17-12/h1-6,9,16H,7-8H2. The normalized spacial score (nSPS) is 10.2. The Kier molecular flexibility index (Phi) is 4.23. The van der Waals surface area contributed by atoms with Crippen LogP contribution in [0.5, 0.6) is 0 Å². The second kappa shape index (κ2) is 5.89. The van der Waals surface area contributed by atoms with Gasteiger partial charge in [-0.2, -0.15) is 0 Å². The number of rotatable bonds is 4. The molecule has 1 aromatic carbocycles. The van der Waals surface area contributed by atoms with E-state index < -0.39 is 0 Å². The van der Waals surface area contributed by atoms with Gasteiger partial charge in [0.15, 0.2) is 0 Å². The Morgan fingerprint density at radius 3 is 2.65 bits per heavy atom. The first kappa shape index (κ1) is 12.2. The number of carbonyl (C=O) groups excluding carboxylic acids is 1. The maximum absolute atomic E-state index is 11.6. The molecule has 0 unspecified atom stereocenters. The number of esters is 1. The number of hydrogen-bond donors (Lipinski definition) is 1. The summed E-state index contributed by atoms with van der Waals surface area (Å²) in [7, 11) is 0. The average Bonchev–Trinajstić information content (AvgIpc) is 2.83. The van der Waals surface area contributed by atoms with Crippen LogP contribution in [0.4, 0.5) is 0 Å². The number of ether oxygens (including phenoxy) is 1. The van der Waals surface area contributed by atoms with E-state index >= 15 is 0 Å². The molecule has 0 radical (unpaired) electrons. The highest BCUT2D eigenvalue weighted by atomic mass is 32.1. The molecule has 0 bridgehead atoms. The predicted octanol–water partition coefficient (Wildman–Crippen LogP) is 3.44. The molecule has 0 amide bonds. The highest BCUT2D eigenvalue weighted by molar-refractivity contribution is 7.80. The molecular weight excluding hydrogens is 252 g/mol. The van der Waals surface area contributed by atoms with Crippen molar-refractivity contribution in [3.8, 4) is 0 Å². The number of carbonyl (C=O) groups is 1. The van der Waals surface area contributed by atoms with Crippen LogP contribution in [0.25, 0.3) is 0 Å². The lowest BCUT2D eigenvalue weighted by atomic mass is 10.2. The van der Waals surface area contributed by atoms with Crippen LogP contribution < -0.4 is 0 Å². The largest absolute Gasteiger partial charge is 0.462 e. The van der Waals surface area contributed by atoms with Crippen molar-refractivity contribution in [2.24, 2.45) is 0 Å². The van der Waals surface area contributed by atoms with Gasteiger partial charge in [-0.25, -0.2) is 4.79 Å². The molecule has 1 heterocycles. The zero-order valence-corrected chi connectivity index (χ0v) is 10.8. The fraction of sp³-hybridized carbons (Fsp3) is 0.154. The van der Waals surface area contributed by atoms with E-state index in [2.05, 4.69) is 12.6 Å². The van der Waals surface area contributed by atoms with E-state index in [0.717, 1.165) is 11.3 Å². The Labute approximate surface area is 110 Å². The summed E-state index contributed by atoms with van der Waals surface area (Å²) in [4.78, 5) is 13.7. The monoisotopic (exact) mass is 264 g/mol. The third-order valence-corrected chi connectivity index (χ3v) is 3.50. The van der Waals surface area contributed by atoms with Crippen molar-refractivity contribution >= 4 is 29.9 Å². The van der Waals surface area contributed by atoms with E-state index in [1.54, 1.807) is 35.6 Å². The topological polar surface area (TPSA) is 26.3 Å². The molecular formula is C13H12O2S2. The molecule has 1 aromatic heterocycles. The highest BCUT2D eigenvalue weighted by Gasteiger charge is 2.06. The van der Waals surface area contributed by atoms with Crippen LogP contribution in [0, 0.1) is 0 Å². The first-order chi connectivity index (χ1) is 8.25. The van der Waals surface area contributed by atoms with E-state index in [4.69, 9.17) is 4.74 Å². The summed E-state index contributed by atoms with van der Waals surface area (Å²) in [5.74, 6) is -0.283. The SMILES string of the molecule is O=C(OCCc1cccs1)c1ccc(S)cc1. The smallest absolute Gasteiger partial charge is 0.338 e. The maximum atomic E-state index is 11.6. The molecule has 0 aliphatic heterocycles. The van der Waals surface area contributed by atoms with Crippen LogP contribution in [0.3, 0.4) is 0 Å². The first-order valence-corrected chi connectivity index (χ1v) is 6.57. The van der Waals surface area contributed by atoms with Crippen molar-refractivity contribution in [2.75, 3.05) is 6.61 Å². The van der Waals surface area contributed by atoms with Crippen LogP contribution in [-0.4, -0.2) is 12.6 Å². The van der Waals surface area contributed by atoms with Crippen molar-refractivity contribution in [1.82, 2.24) is 0 Å². The summed E-state index contributed by atoms with van der Waals surface area (Å²) in [6.45, 7) is 0.419. The lowest BCUT2D eigenvalue weighted by Gasteiger charge is -2.03. The molecule has 2 rings (SSSR count). The molecule has 0 N–H and O–H groups in total. The second-order valence-corrected chi connectivity index (χ2v) is 5.06. The van der Waals surface area contributed by atoms with E-state index in [1.165, 1.54) is 4.88 Å². The minimum Gasteiger partial charge on any atom is -0.462 e. The summed E-state index contributed by atoms with van der Waals surface area (Å²) >= 11 is 5.83. The van der Waals surface area contributed by atoms with Gasteiger partial charge in [0.2, 0.25) is 0 Å². The van der Waals surface area contributed by atoms with Gasteiger partial charge in [0, 0.05) is 16.2 Å². The lowest BCUT2D eigenvalue weighted by molar-refractivity contribution is 0.0510. The Morgan fingerprint density at radius 1 is 1.24 bits per heavy atom. The molecule has 0 spiro atoms. The van der Waals surface area contributed by atoms with Gasteiger partial charge in [-0.15, -0.1) is 24.0 Å². The summed E-state index contributed by atoms with van der Waals surface area (Å²) in [6.07, 6.45) is 0.772. The quantitative estimate of drug-likeness (QED) is 0.676. The fourth-order valence-electron chi connectivity index (χ4n) is 1.38. The molecule has 0 atom stereocenters. The molecule has 0 fully saturated rings. The third-order valence-electron chi connectivity index (χ3n) is 2.26. The van der Waals surface area contributed by atoms with Crippen LogP contribution in [0.2, 0.25) is 0 Å². The zero-order valence-electron chi connectivity index (χ0n) is 9.13. The Hall–Kier alpha value is -1.26. The Balaban J connectivity index is 1.83. The van der Waals surface area contributed by atoms with Crippen LogP contribution >= 0.6 is 24.0 Å². The number of thiol groups is 1. The molecule has 2 nitrogen and oxygen atoms in total.